The Labute approximate surface area is 120 Å². The van der Waals surface area contributed by atoms with Gasteiger partial charge < -0.3 is 5.11 Å². The topological polar surface area (TPSA) is 20.2 Å². The summed E-state index contributed by atoms with van der Waals surface area (Å²) in [6.45, 7) is 1.99. The van der Waals surface area contributed by atoms with Crippen LogP contribution in [0.3, 0.4) is 0 Å². The quantitative estimate of drug-likeness (QED) is 0.821. The fraction of sp³-hybridized carbons (Fsp3) is 0.412. The van der Waals surface area contributed by atoms with Crippen LogP contribution < -0.4 is 0 Å². The fourth-order valence-electron chi connectivity index (χ4n) is 2.44. The van der Waals surface area contributed by atoms with E-state index < -0.39 is 5.60 Å². The number of hydrogen-bond acceptors (Lipinski definition) is 1. The summed E-state index contributed by atoms with van der Waals surface area (Å²) in [5.74, 6) is 0. The predicted octanol–water partition coefficient (Wildman–Crippen LogP) is 4.99. The lowest BCUT2D eigenvalue weighted by molar-refractivity contribution is 0.0851. The van der Waals surface area contributed by atoms with Crippen LogP contribution in [0.2, 0.25) is 5.02 Å². The molecule has 1 aliphatic carbocycles. The molecule has 19 heavy (non-hydrogen) atoms. The van der Waals surface area contributed by atoms with Gasteiger partial charge in [-0.1, -0.05) is 48.4 Å². The zero-order chi connectivity index (χ0) is 13.7. The lowest BCUT2D eigenvalue weighted by Gasteiger charge is -2.24. The molecule has 0 aromatic heterocycles. The lowest BCUT2D eigenvalue weighted by atomic mass is 9.89. The van der Waals surface area contributed by atoms with E-state index in [4.69, 9.17) is 11.6 Å². The summed E-state index contributed by atoms with van der Waals surface area (Å²) in [6.07, 6.45) is 11.7. The summed E-state index contributed by atoms with van der Waals surface area (Å²) in [5.41, 5.74) is 1.26. The van der Waals surface area contributed by atoms with Crippen LogP contribution in [0.25, 0.3) is 0 Å². The predicted molar refractivity (Wildman–Crippen MR) is 81.3 cm³/mol. The number of hydrogen-bond donors (Lipinski definition) is 1. The third kappa shape index (κ3) is 3.71. The van der Waals surface area contributed by atoms with Gasteiger partial charge in [0.05, 0.1) is 0 Å². The van der Waals surface area contributed by atoms with E-state index in [-0.39, 0.29) is 0 Å². The zero-order valence-electron chi connectivity index (χ0n) is 11.4. The molecule has 0 amide bonds. The molecule has 1 N–H and O–H groups in total. The molecule has 1 aliphatic rings. The van der Waals surface area contributed by atoms with E-state index in [1.54, 1.807) is 0 Å². The fourth-order valence-corrected chi connectivity index (χ4v) is 2.63. The molecule has 0 saturated heterocycles. The SMILES string of the molecule is CCC(O)(/C=C/C1=CCCCC1)c1cccc(Cl)c1. The number of aliphatic hydroxyl groups is 1. The molecule has 0 saturated carbocycles. The first-order valence-electron chi connectivity index (χ1n) is 7.01. The van der Waals surface area contributed by atoms with E-state index >= 15 is 0 Å². The van der Waals surface area contributed by atoms with Crippen LogP contribution in [0.1, 0.15) is 44.6 Å². The summed E-state index contributed by atoms with van der Waals surface area (Å²) in [7, 11) is 0. The average Bonchev–Trinajstić information content (AvgIpc) is 2.46. The van der Waals surface area contributed by atoms with Gasteiger partial charge >= 0.3 is 0 Å². The molecule has 1 aromatic rings. The Morgan fingerprint density at radius 1 is 1.37 bits per heavy atom. The van der Waals surface area contributed by atoms with Crippen LogP contribution in [-0.4, -0.2) is 5.11 Å². The van der Waals surface area contributed by atoms with Crippen molar-refractivity contribution in [3.63, 3.8) is 0 Å². The average molecular weight is 277 g/mol. The second kappa shape index (κ2) is 6.40. The standard InChI is InChI=1S/C17H21ClO/c1-2-17(19,15-9-6-10-16(18)13-15)12-11-14-7-4-3-5-8-14/h6-7,9-13,19H,2-5,8H2,1H3/b12-11+. The molecule has 102 valence electrons. The van der Waals surface area contributed by atoms with Crippen molar-refractivity contribution in [1.29, 1.82) is 0 Å². The highest BCUT2D eigenvalue weighted by molar-refractivity contribution is 6.30. The maximum atomic E-state index is 10.8. The molecule has 1 unspecified atom stereocenters. The van der Waals surface area contributed by atoms with Gasteiger partial charge in [-0.05, 0) is 55.9 Å². The van der Waals surface area contributed by atoms with E-state index in [9.17, 15) is 5.11 Å². The normalized spacial score (nSPS) is 19.2. The Balaban J connectivity index is 2.22. The molecule has 1 nitrogen and oxygen atoms in total. The van der Waals surface area contributed by atoms with Gasteiger partial charge in [-0.25, -0.2) is 0 Å². The Morgan fingerprint density at radius 3 is 2.84 bits per heavy atom. The van der Waals surface area contributed by atoms with Crippen molar-refractivity contribution in [1.82, 2.24) is 0 Å². The summed E-state index contributed by atoms with van der Waals surface area (Å²) < 4.78 is 0. The minimum Gasteiger partial charge on any atom is -0.381 e. The van der Waals surface area contributed by atoms with E-state index in [2.05, 4.69) is 12.2 Å². The van der Waals surface area contributed by atoms with Gasteiger partial charge in [-0.15, -0.1) is 0 Å². The third-order valence-corrected chi connectivity index (χ3v) is 4.00. The molecular formula is C17H21ClO. The van der Waals surface area contributed by atoms with Gasteiger partial charge in [0, 0.05) is 5.02 Å². The number of halogens is 1. The van der Waals surface area contributed by atoms with Crippen LogP contribution >= 0.6 is 11.6 Å². The number of rotatable bonds is 4. The van der Waals surface area contributed by atoms with Gasteiger partial charge in [0.1, 0.15) is 5.60 Å². The largest absolute Gasteiger partial charge is 0.381 e. The van der Waals surface area contributed by atoms with Crippen LogP contribution in [0, 0.1) is 0 Å². The molecule has 2 heteroatoms. The molecule has 1 aromatic carbocycles. The Kier molecular flexibility index (Phi) is 4.84. The van der Waals surface area contributed by atoms with Crippen LogP contribution in [0.5, 0.6) is 0 Å². The summed E-state index contributed by atoms with van der Waals surface area (Å²) in [4.78, 5) is 0. The molecule has 0 bridgehead atoms. The molecule has 0 aliphatic heterocycles. The van der Waals surface area contributed by atoms with E-state index in [1.165, 1.54) is 18.4 Å². The molecule has 0 radical (unpaired) electrons. The van der Waals surface area contributed by atoms with Gasteiger partial charge in [0.2, 0.25) is 0 Å². The maximum absolute atomic E-state index is 10.8. The van der Waals surface area contributed by atoms with E-state index in [0.29, 0.717) is 11.4 Å². The van der Waals surface area contributed by atoms with Gasteiger partial charge in [-0.3, -0.25) is 0 Å². The third-order valence-electron chi connectivity index (χ3n) is 3.76. The highest BCUT2D eigenvalue weighted by Crippen LogP contribution is 2.30. The van der Waals surface area contributed by atoms with Crippen molar-refractivity contribution >= 4 is 11.6 Å². The van der Waals surface area contributed by atoms with Crippen molar-refractivity contribution in [3.8, 4) is 0 Å². The van der Waals surface area contributed by atoms with Crippen LogP contribution in [-0.2, 0) is 5.60 Å². The number of benzene rings is 1. The van der Waals surface area contributed by atoms with Crippen molar-refractivity contribution in [2.24, 2.45) is 0 Å². The molecular weight excluding hydrogens is 256 g/mol. The highest BCUT2D eigenvalue weighted by atomic mass is 35.5. The van der Waals surface area contributed by atoms with Gasteiger partial charge in [-0.2, -0.15) is 0 Å². The van der Waals surface area contributed by atoms with E-state index in [0.717, 1.165) is 18.4 Å². The Bertz CT molecular complexity index is 490. The Morgan fingerprint density at radius 2 is 2.21 bits per heavy atom. The van der Waals surface area contributed by atoms with Crippen molar-refractivity contribution in [2.75, 3.05) is 0 Å². The Hall–Kier alpha value is -1.05. The van der Waals surface area contributed by atoms with Gasteiger partial charge in [0.25, 0.3) is 0 Å². The van der Waals surface area contributed by atoms with E-state index in [1.807, 2.05) is 37.3 Å². The van der Waals surface area contributed by atoms with Crippen LogP contribution in [0.15, 0.2) is 48.1 Å². The summed E-state index contributed by atoms with van der Waals surface area (Å²) >= 11 is 6.01. The molecule has 0 fully saturated rings. The van der Waals surface area contributed by atoms with Crippen LogP contribution in [0.4, 0.5) is 0 Å². The monoisotopic (exact) mass is 276 g/mol. The minimum atomic E-state index is -0.927. The van der Waals surface area contributed by atoms with Crippen molar-refractivity contribution in [3.05, 3.63) is 58.7 Å². The second-order valence-corrected chi connectivity index (χ2v) is 5.58. The first-order chi connectivity index (χ1) is 9.14. The first kappa shape index (κ1) is 14.4. The molecule has 1 atom stereocenters. The summed E-state index contributed by atoms with van der Waals surface area (Å²) in [5, 5.41) is 11.4. The molecule has 0 heterocycles. The maximum Gasteiger partial charge on any atom is 0.108 e. The molecule has 0 spiro atoms. The lowest BCUT2D eigenvalue weighted by Crippen LogP contribution is -2.21. The summed E-state index contributed by atoms with van der Waals surface area (Å²) in [6, 6.07) is 7.47. The highest BCUT2D eigenvalue weighted by Gasteiger charge is 2.23. The smallest absolute Gasteiger partial charge is 0.108 e. The van der Waals surface area contributed by atoms with Crippen molar-refractivity contribution in [2.45, 2.75) is 44.6 Å². The minimum absolute atomic E-state index is 0.636. The zero-order valence-corrected chi connectivity index (χ0v) is 12.2. The molecule has 2 rings (SSSR count). The first-order valence-corrected chi connectivity index (χ1v) is 7.38. The number of allylic oxidation sites excluding steroid dienone is 3. The second-order valence-electron chi connectivity index (χ2n) is 5.15. The van der Waals surface area contributed by atoms with Gasteiger partial charge in [0.15, 0.2) is 0 Å². The van der Waals surface area contributed by atoms with Crippen molar-refractivity contribution < 1.29 is 5.11 Å².